The van der Waals surface area contributed by atoms with Gasteiger partial charge in [-0.2, -0.15) is 0 Å². The fraction of sp³-hybridized carbons (Fsp3) is 0.714. The van der Waals surface area contributed by atoms with E-state index in [9.17, 15) is 0 Å². The lowest BCUT2D eigenvalue weighted by molar-refractivity contribution is 0.0307. The summed E-state index contributed by atoms with van der Waals surface area (Å²) in [6, 6.07) is 8.29. The number of hydrogen-bond acceptors (Lipinski definition) is 2. The molecule has 4 fully saturated rings. The van der Waals surface area contributed by atoms with Crippen molar-refractivity contribution in [2.75, 3.05) is 35.3 Å². The first-order valence-corrected chi connectivity index (χ1v) is 11.7. The fourth-order valence-corrected chi connectivity index (χ4v) is 11.7. The summed E-state index contributed by atoms with van der Waals surface area (Å²) >= 11 is 0. The Kier molecular flexibility index (Phi) is 4.74. The third-order valence-electron chi connectivity index (χ3n) is 7.09. The van der Waals surface area contributed by atoms with Crippen LogP contribution in [0.25, 0.3) is 0 Å². The minimum atomic E-state index is -1.89. The van der Waals surface area contributed by atoms with Crippen molar-refractivity contribution < 1.29 is 4.74 Å². The second kappa shape index (κ2) is 6.65. The van der Waals surface area contributed by atoms with Crippen molar-refractivity contribution in [3.63, 3.8) is 0 Å². The molecule has 5 rings (SSSR count). The largest absolute Gasteiger partial charge is 0.494 e. The van der Waals surface area contributed by atoms with Crippen molar-refractivity contribution >= 4 is 13.0 Å². The lowest BCUT2D eigenvalue weighted by atomic mass is 9.56. The van der Waals surface area contributed by atoms with Crippen LogP contribution in [0.3, 0.4) is 0 Å². The number of hydrogen-bond donors (Lipinski definition) is 0. The molecule has 4 bridgehead atoms. The molecule has 0 heterocycles. The SMILES string of the molecule is COc1ccccc1N=P(N(C)C)(N(C)C)C12CC3CC(CC(C3)C1)C2. The third kappa shape index (κ3) is 2.68. The Balaban J connectivity index is 1.92. The number of rotatable bonds is 5. The van der Waals surface area contributed by atoms with E-state index in [-0.39, 0.29) is 0 Å². The monoisotopic (exact) mass is 375 g/mol. The molecule has 5 heteroatoms. The molecule has 0 unspecified atom stereocenters. The molecule has 26 heavy (non-hydrogen) atoms. The summed E-state index contributed by atoms with van der Waals surface area (Å²) in [6.07, 6.45) is 8.49. The van der Waals surface area contributed by atoms with Crippen molar-refractivity contribution in [3.05, 3.63) is 24.3 Å². The Hall–Kier alpha value is -0.830. The number of ether oxygens (including phenoxy) is 1. The molecule has 0 amide bonds. The Morgan fingerprint density at radius 3 is 1.88 bits per heavy atom. The van der Waals surface area contributed by atoms with Gasteiger partial charge in [0.2, 0.25) is 0 Å². The third-order valence-corrected chi connectivity index (χ3v) is 11.6. The molecule has 1 aromatic rings. The van der Waals surface area contributed by atoms with Crippen LogP contribution >= 0.6 is 7.36 Å². The summed E-state index contributed by atoms with van der Waals surface area (Å²) in [4.78, 5) is 0. The molecule has 0 radical (unpaired) electrons. The predicted octanol–water partition coefficient (Wildman–Crippen LogP) is 5.45. The van der Waals surface area contributed by atoms with Crippen LogP contribution in [-0.2, 0) is 0 Å². The zero-order valence-corrected chi connectivity index (χ0v) is 17.9. The smallest absolute Gasteiger partial charge is 0.144 e. The van der Waals surface area contributed by atoms with E-state index in [0.717, 1.165) is 29.2 Å². The van der Waals surface area contributed by atoms with Gasteiger partial charge in [-0.25, -0.2) is 4.74 Å². The van der Waals surface area contributed by atoms with Crippen LogP contribution in [0.2, 0.25) is 0 Å². The standard InChI is InChI=1S/C21H34N3OP/c1-23(2)26(24(3)4,22-19-8-6-7-9-20(19)25-5)21-13-16-10-17(14-21)12-18(11-16)15-21/h6-9,16-18H,10-15H2,1-5H3. The number of benzene rings is 1. The summed E-state index contributed by atoms with van der Waals surface area (Å²) in [5, 5.41) is 0.343. The molecule has 0 aromatic heterocycles. The summed E-state index contributed by atoms with van der Waals surface area (Å²) < 4.78 is 16.2. The van der Waals surface area contributed by atoms with Crippen molar-refractivity contribution in [2.24, 2.45) is 22.5 Å². The van der Waals surface area contributed by atoms with E-state index in [0.29, 0.717) is 5.16 Å². The Morgan fingerprint density at radius 2 is 1.42 bits per heavy atom. The fourth-order valence-electron chi connectivity index (χ4n) is 6.79. The first-order chi connectivity index (χ1) is 12.4. The maximum absolute atomic E-state index is 5.66. The van der Waals surface area contributed by atoms with Crippen LogP contribution in [0.15, 0.2) is 29.0 Å². The molecular formula is C21H34N3OP. The van der Waals surface area contributed by atoms with E-state index >= 15 is 0 Å². The molecule has 4 aliphatic carbocycles. The highest BCUT2D eigenvalue weighted by molar-refractivity contribution is 7.63. The summed E-state index contributed by atoms with van der Waals surface area (Å²) in [5.41, 5.74) is 1.02. The Morgan fingerprint density at radius 1 is 0.923 bits per heavy atom. The van der Waals surface area contributed by atoms with Crippen molar-refractivity contribution in [1.82, 2.24) is 9.34 Å². The zero-order chi connectivity index (χ0) is 18.5. The van der Waals surface area contributed by atoms with Gasteiger partial charge < -0.3 is 4.74 Å². The second-order valence-electron chi connectivity index (χ2n) is 9.18. The van der Waals surface area contributed by atoms with E-state index < -0.39 is 7.36 Å². The quantitative estimate of drug-likeness (QED) is 0.641. The van der Waals surface area contributed by atoms with Crippen molar-refractivity contribution in [3.8, 4) is 5.75 Å². The molecule has 4 nitrogen and oxygen atoms in total. The molecule has 4 saturated carbocycles. The van der Waals surface area contributed by atoms with Gasteiger partial charge in [0, 0.05) is 5.16 Å². The maximum Gasteiger partial charge on any atom is 0.144 e. The average molecular weight is 375 g/mol. The number of para-hydroxylation sites is 1. The predicted molar refractivity (Wildman–Crippen MR) is 110 cm³/mol. The van der Waals surface area contributed by atoms with E-state index in [4.69, 9.17) is 9.48 Å². The highest BCUT2D eigenvalue weighted by atomic mass is 31.2. The lowest BCUT2D eigenvalue weighted by Crippen LogP contribution is -2.53. The van der Waals surface area contributed by atoms with Gasteiger partial charge in [0.1, 0.15) is 18.8 Å². The Labute approximate surface area is 159 Å². The molecule has 0 spiro atoms. The topological polar surface area (TPSA) is 28.1 Å². The molecule has 0 aliphatic heterocycles. The van der Waals surface area contributed by atoms with Crippen LogP contribution in [0.1, 0.15) is 38.5 Å². The molecule has 144 valence electrons. The van der Waals surface area contributed by atoms with Crippen LogP contribution in [0.4, 0.5) is 5.69 Å². The number of methoxy groups -OCH3 is 1. The van der Waals surface area contributed by atoms with Gasteiger partial charge in [0.15, 0.2) is 0 Å². The van der Waals surface area contributed by atoms with Crippen LogP contribution in [-0.4, -0.2) is 49.8 Å². The maximum atomic E-state index is 5.66. The zero-order valence-electron chi connectivity index (χ0n) is 17.0. The highest BCUT2D eigenvalue weighted by Gasteiger charge is 2.59. The van der Waals surface area contributed by atoms with Gasteiger partial charge in [-0.05, 0) is 96.6 Å². The average Bonchev–Trinajstić information content (AvgIpc) is 2.57. The first kappa shape index (κ1) is 18.5. The molecule has 0 saturated heterocycles. The highest BCUT2D eigenvalue weighted by Crippen LogP contribution is 2.76. The van der Waals surface area contributed by atoms with Gasteiger partial charge in [0.05, 0.1) is 7.11 Å². The molecule has 0 atom stereocenters. The molecule has 0 N–H and O–H groups in total. The van der Waals surface area contributed by atoms with E-state index in [1.54, 1.807) is 7.11 Å². The number of nitrogens with zero attached hydrogens (tertiary/aromatic N) is 3. The first-order valence-electron chi connectivity index (χ1n) is 10.0. The van der Waals surface area contributed by atoms with Crippen LogP contribution in [0, 0.1) is 17.8 Å². The summed E-state index contributed by atoms with van der Waals surface area (Å²) in [6.45, 7) is 0. The van der Waals surface area contributed by atoms with Crippen molar-refractivity contribution in [1.29, 1.82) is 0 Å². The normalized spacial score (nSPS) is 33.1. The second-order valence-corrected chi connectivity index (χ2v) is 13.1. The van der Waals surface area contributed by atoms with Gasteiger partial charge >= 0.3 is 0 Å². The lowest BCUT2D eigenvalue weighted by Gasteiger charge is -2.63. The summed E-state index contributed by atoms with van der Waals surface area (Å²) in [5.74, 6) is 3.67. The van der Waals surface area contributed by atoms with Crippen LogP contribution < -0.4 is 4.74 Å². The minimum absolute atomic E-state index is 0.343. The van der Waals surface area contributed by atoms with E-state index in [1.165, 1.54) is 38.5 Å². The minimum Gasteiger partial charge on any atom is -0.494 e. The van der Waals surface area contributed by atoms with Gasteiger partial charge in [-0.1, -0.05) is 12.1 Å². The summed E-state index contributed by atoms with van der Waals surface area (Å²) in [7, 11) is 8.89. The van der Waals surface area contributed by atoms with E-state index in [1.807, 2.05) is 12.1 Å². The molecular weight excluding hydrogens is 341 g/mol. The van der Waals surface area contributed by atoms with Crippen LogP contribution in [0.5, 0.6) is 5.75 Å². The van der Waals surface area contributed by atoms with Gasteiger partial charge in [-0.3, -0.25) is 9.34 Å². The van der Waals surface area contributed by atoms with Gasteiger partial charge in [0.25, 0.3) is 0 Å². The molecule has 4 aliphatic rings. The Bertz CT molecular complexity index is 680. The van der Waals surface area contributed by atoms with Gasteiger partial charge in [-0.15, -0.1) is 0 Å². The van der Waals surface area contributed by atoms with Crippen molar-refractivity contribution in [2.45, 2.75) is 43.7 Å². The molecule has 1 aromatic carbocycles. The van der Waals surface area contributed by atoms with E-state index in [2.05, 4.69) is 49.7 Å².